The molecule has 0 aliphatic carbocycles. The van der Waals surface area contributed by atoms with E-state index in [-0.39, 0.29) is 44.5 Å². The lowest BCUT2D eigenvalue weighted by molar-refractivity contribution is -0.274. The average Bonchev–Trinajstić information content (AvgIpc) is 3.48. The van der Waals surface area contributed by atoms with Gasteiger partial charge in [-0.2, -0.15) is 5.10 Å². The zero-order valence-electron chi connectivity index (χ0n) is 23.9. The smallest absolute Gasteiger partial charge is 0.497 e. The molecular formula is C29H25Cl2F3N6O4S. The number of aliphatic imine (C=N–C) groups is 1. The first-order valence-corrected chi connectivity index (χ1v) is 14.7. The van der Waals surface area contributed by atoms with Crippen LogP contribution in [0.5, 0.6) is 11.5 Å². The number of nitrogens with one attached hydrogen (secondary N) is 1. The van der Waals surface area contributed by atoms with Crippen LogP contribution in [0.2, 0.25) is 10.0 Å². The number of rotatable bonds is 10. The number of nitrogens with zero attached hydrogens (tertiary/aromatic N) is 5. The molecule has 0 saturated heterocycles. The van der Waals surface area contributed by atoms with E-state index in [2.05, 4.69) is 30.3 Å². The second-order valence-electron chi connectivity index (χ2n) is 9.28. The quantitative estimate of drug-likeness (QED) is 0.0598. The second-order valence-corrected chi connectivity index (χ2v) is 11.0. The van der Waals surface area contributed by atoms with E-state index < -0.39 is 6.36 Å². The first-order chi connectivity index (χ1) is 21.4. The first kappa shape index (κ1) is 33.6. The molecule has 0 aliphatic rings. The number of halogens is 5. The zero-order chi connectivity index (χ0) is 32.6. The minimum atomic E-state index is -4.77. The molecule has 0 spiro atoms. The van der Waals surface area contributed by atoms with E-state index in [0.29, 0.717) is 22.8 Å². The van der Waals surface area contributed by atoms with Crippen molar-refractivity contribution >= 4 is 58.0 Å². The molecule has 1 N–H and O–H groups in total. The molecular weight excluding hydrogens is 656 g/mol. The van der Waals surface area contributed by atoms with E-state index >= 15 is 0 Å². The Hall–Kier alpha value is -4.27. The molecule has 16 heteroatoms. The highest BCUT2D eigenvalue weighted by molar-refractivity contribution is 8.13. The van der Waals surface area contributed by atoms with Gasteiger partial charge >= 0.3 is 12.3 Å². The van der Waals surface area contributed by atoms with Crippen LogP contribution in [-0.4, -0.2) is 51.5 Å². The van der Waals surface area contributed by atoms with Gasteiger partial charge in [-0.25, -0.2) is 14.7 Å². The topological polar surface area (TPSA) is 112 Å². The zero-order valence-corrected chi connectivity index (χ0v) is 26.2. The fraction of sp³-hybridized carbons (Fsp3) is 0.207. The number of amidine groups is 1. The van der Waals surface area contributed by atoms with Crippen molar-refractivity contribution in [3.05, 3.63) is 82.6 Å². The number of ether oxygens (including phenoxy) is 3. The van der Waals surface area contributed by atoms with Crippen LogP contribution in [0.15, 0.2) is 77.1 Å². The van der Waals surface area contributed by atoms with Crippen molar-refractivity contribution in [1.82, 2.24) is 20.2 Å². The van der Waals surface area contributed by atoms with Crippen molar-refractivity contribution in [2.75, 3.05) is 13.0 Å². The Bertz CT molecular complexity index is 1660. The van der Waals surface area contributed by atoms with Crippen LogP contribution >= 0.6 is 35.0 Å². The van der Waals surface area contributed by atoms with Crippen molar-refractivity contribution in [3.63, 3.8) is 0 Å². The Labute approximate surface area is 270 Å². The molecule has 0 saturated carbocycles. The first-order valence-electron chi connectivity index (χ1n) is 13.0. The average molecular weight is 682 g/mol. The van der Waals surface area contributed by atoms with Gasteiger partial charge in [0.2, 0.25) is 0 Å². The summed E-state index contributed by atoms with van der Waals surface area (Å²) in [4.78, 5) is 20.6. The third kappa shape index (κ3) is 9.86. The number of benzene rings is 3. The van der Waals surface area contributed by atoms with Crippen LogP contribution in [0.3, 0.4) is 0 Å². The summed E-state index contributed by atoms with van der Waals surface area (Å²) in [5.41, 5.74) is 5.04. The maximum atomic E-state index is 12.4. The molecule has 0 aliphatic heterocycles. The third-order valence-electron chi connectivity index (χ3n) is 5.68. The van der Waals surface area contributed by atoms with Crippen molar-refractivity contribution in [1.29, 1.82) is 0 Å². The Morgan fingerprint density at radius 1 is 1.07 bits per heavy atom. The van der Waals surface area contributed by atoms with Gasteiger partial charge in [-0.05, 0) is 41.6 Å². The fourth-order valence-electron chi connectivity index (χ4n) is 3.47. The SMILES string of the molecule is COc1cc(Cl)c(/N=C(/N/N=C/c2ccc(-c3ncn(-c4ccc(OC(F)(F)F)cc4)n3)cc2)SCOC(=O)C(C)C)c(Cl)c1. The molecule has 1 aromatic heterocycles. The Balaban J connectivity index is 1.44. The monoisotopic (exact) mass is 680 g/mol. The predicted octanol–water partition coefficient (Wildman–Crippen LogP) is 7.65. The number of carbonyl (C=O) groups is 1. The summed E-state index contributed by atoms with van der Waals surface area (Å²) in [6.07, 6.45) is -1.77. The molecule has 1 heterocycles. The lowest BCUT2D eigenvalue weighted by atomic mass is 10.1. The van der Waals surface area contributed by atoms with Crippen LogP contribution in [0.4, 0.5) is 18.9 Å². The van der Waals surface area contributed by atoms with Gasteiger partial charge in [0.15, 0.2) is 11.0 Å². The van der Waals surface area contributed by atoms with Crippen molar-refractivity contribution in [3.8, 4) is 28.6 Å². The predicted molar refractivity (Wildman–Crippen MR) is 168 cm³/mol. The number of hydrogen-bond donors (Lipinski definition) is 1. The molecule has 0 amide bonds. The highest BCUT2D eigenvalue weighted by Crippen LogP contribution is 2.37. The summed E-state index contributed by atoms with van der Waals surface area (Å²) in [5.74, 6) is -0.139. The summed E-state index contributed by atoms with van der Waals surface area (Å²) < 4.78 is 53.0. The number of carbonyl (C=O) groups excluding carboxylic acids is 1. The lowest BCUT2D eigenvalue weighted by Crippen LogP contribution is -2.17. The van der Waals surface area contributed by atoms with E-state index in [9.17, 15) is 18.0 Å². The molecule has 10 nitrogen and oxygen atoms in total. The normalized spacial score (nSPS) is 12.1. The summed E-state index contributed by atoms with van der Waals surface area (Å²) >= 11 is 13.8. The number of esters is 1. The maximum Gasteiger partial charge on any atom is 0.573 e. The van der Waals surface area contributed by atoms with E-state index in [4.69, 9.17) is 32.7 Å². The van der Waals surface area contributed by atoms with Gasteiger partial charge in [-0.1, -0.05) is 61.3 Å². The minimum Gasteiger partial charge on any atom is -0.497 e. The molecule has 3 aromatic carbocycles. The van der Waals surface area contributed by atoms with Gasteiger partial charge in [0.05, 0.1) is 35.0 Å². The molecule has 4 rings (SSSR count). The van der Waals surface area contributed by atoms with Gasteiger partial charge in [-0.3, -0.25) is 10.2 Å². The molecule has 0 atom stereocenters. The molecule has 0 fully saturated rings. The molecule has 4 aromatic rings. The van der Waals surface area contributed by atoms with Crippen molar-refractivity contribution in [2.24, 2.45) is 16.0 Å². The van der Waals surface area contributed by atoms with E-state index in [1.807, 2.05) is 0 Å². The summed E-state index contributed by atoms with van der Waals surface area (Å²) in [6.45, 7) is 3.46. The van der Waals surface area contributed by atoms with Gasteiger partial charge in [0.25, 0.3) is 0 Å². The fourth-order valence-corrected chi connectivity index (χ4v) is 4.58. The van der Waals surface area contributed by atoms with E-state index in [1.165, 1.54) is 42.4 Å². The number of methoxy groups -OCH3 is 1. The molecule has 0 bridgehead atoms. The van der Waals surface area contributed by atoms with Gasteiger partial charge < -0.3 is 14.2 Å². The molecule has 0 unspecified atom stereocenters. The number of hydrazone groups is 1. The van der Waals surface area contributed by atoms with Crippen LogP contribution in [0.1, 0.15) is 19.4 Å². The standard InChI is InChI=1S/C29H25Cl2F3N6O4S/c1-17(2)27(41)43-16-45-28(37-25-23(30)12-22(42-3)13-24(25)31)38-36-14-18-4-6-19(7-5-18)26-35-15-40(39-26)20-8-10-21(11-9-20)44-29(32,33)34/h4-15,17H,16H2,1-3H3,(H,37,38)/b36-14+. The largest absolute Gasteiger partial charge is 0.573 e. The molecule has 0 radical (unpaired) electrons. The van der Waals surface area contributed by atoms with Gasteiger partial charge in [0.1, 0.15) is 29.5 Å². The highest BCUT2D eigenvalue weighted by Gasteiger charge is 2.31. The van der Waals surface area contributed by atoms with E-state index in [0.717, 1.165) is 17.3 Å². The minimum absolute atomic E-state index is 0.0242. The summed E-state index contributed by atoms with van der Waals surface area (Å²) in [5, 5.41) is 9.41. The van der Waals surface area contributed by atoms with Gasteiger partial charge in [0, 0.05) is 17.7 Å². The molecule has 236 valence electrons. The van der Waals surface area contributed by atoms with Crippen molar-refractivity contribution in [2.45, 2.75) is 20.2 Å². The van der Waals surface area contributed by atoms with Crippen LogP contribution in [0, 0.1) is 5.92 Å². The third-order valence-corrected chi connectivity index (χ3v) is 6.95. The van der Waals surface area contributed by atoms with Crippen molar-refractivity contribution < 1.29 is 32.2 Å². The number of hydrogen-bond acceptors (Lipinski definition) is 9. The van der Waals surface area contributed by atoms with Crippen LogP contribution < -0.4 is 14.9 Å². The second kappa shape index (κ2) is 15.1. The lowest BCUT2D eigenvalue weighted by Gasteiger charge is -2.10. The van der Waals surface area contributed by atoms with E-state index in [1.54, 1.807) is 56.5 Å². The van der Waals surface area contributed by atoms with Crippen LogP contribution in [0.25, 0.3) is 17.1 Å². The Morgan fingerprint density at radius 3 is 2.33 bits per heavy atom. The Morgan fingerprint density at radius 2 is 1.73 bits per heavy atom. The maximum absolute atomic E-state index is 12.4. The highest BCUT2D eigenvalue weighted by atomic mass is 35.5. The molecule has 45 heavy (non-hydrogen) atoms. The number of thioether (sulfide) groups is 1. The van der Waals surface area contributed by atoms with Crippen LogP contribution in [-0.2, 0) is 9.53 Å². The number of aromatic nitrogens is 3. The van der Waals surface area contributed by atoms with Gasteiger partial charge in [-0.15, -0.1) is 18.3 Å². The number of alkyl halides is 3. The summed E-state index contributed by atoms with van der Waals surface area (Å²) in [7, 11) is 1.49. The Kier molecular flexibility index (Phi) is 11.3. The summed E-state index contributed by atoms with van der Waals surface area (Å²) in [6, 6.07) is 15.5.